The molecule has 0 heterocycles. The number of nitrogens with one attached hydrogen (secondary N) is 1. The minimum atomic E-state index is -3.16. The van der Waals surface area contributed by atoms with E-state index in [0.29, 0.717) is 6.42 Å². The van der Waals surface area contributed by atoms with Crippen LogP contribution in [0.15, 0.2) is 28.7 Å². The van der Waals surface area contributed by atoms with E-state index in [9.17, 15) is 8.42 Å². The molecular weight excluding hydrogens is 290 g/mol. The maximum absolute atomic E-state index is 11.6. The predicted octanol–water partition coefficient (Wildman–Crippen LogP) is 2.84. The molecule has 0 aliphatic carbocycles. The fourth-order valence-electron chi connectivity index (χ4n) is 1.44. The zero-order chi connectivity index (χ0) is 12.2. The van der Waals surface area contributed by atoms with E-state index in [1.54, 1.807) is 0 Å². The van der Waals surface area contributed by atoms with E-state index in [0.717, 1.165) is 10.0 Å². The second kappa shape index (κ2) is 5.80. The Morgan fingerprint density at radius 3 is 2.69 bits per heavy atom. The number of sulfonamides is 1. The minimum absolute atomic E-state index is 0.172. The van der Waals surface area contributed by atoms with Crippen LogP contribution in [0, 0.1) is 0 Å². The highest BCUT2D eigenvalue weighted by molar-refractivity contribution is 9.10. The van der Waals surface area contributed by atoms with Crippen molar-refractivity contribution in [3.8, 4) is 0 Å². The lowest BCUT2D eigenvalue weighted by Crippen LogP contribution is -2.28. The van der Waals surface area contributed by atoms with Gasteiger partial charge in [-0.05, 0) is 31.0 Å². The standard InChI is InChI=1S/C11H16BrNO2S/c1-3-7-16(14,15)13-9(2)10-5-4-6-11(12)8-10/h4-6,8-9,13H,3,7H2,1-2H3/t9-/m0/s1. The van der Waals surface area contributed by atoms with Gasteiger partial charge in [0, 0.05) is 10.5 Å². The lowest BCUT2D eigenvalue weighted by Gasteiger charge is -2.14. The van der Waals surface area contributed by atoms with Gasteiger partial charge in [0.05, 0.1) is 5.75 Å². The Morgan fingerprint density at radius 1 is 1.44 bits per heavy atom. The van der Waals surface area contributed by atoms with E-state index in [1.807, 2.05) is 38.1 Å². The molecule has 5 heteroatoms. The SMILES string of the molecule is CCCS(=O)(=O)N[C@@H](C)c1cccc(Br)c1. The second-order valence-electron chi connectivity index (χ2n) is 3.71. The van der Waals surface area contributed by atoms with Crippen LogP contribution in [0.4, 0.5) is 0 Å². The summed E-state index contributed by atoms with van der Waals surface area (Å²) in [6.07, 6.45) is 0.626. The van der Waals surface area contributed by atoms with Gasteiger partial charge < -0.3 is 0 Å². The normalized spacial score (nSPS) is 13.7. The third-order valence-electron chi connectivity index (χ3n) is 2.18. The van der Waals surface area contributed by atoms with Crippen LogP contribution >= 0.6 is 15.9 Å². The topological polar surface area (TPSA) is 46.2 Å². The van der Waals surface area contributed by atoms with Crippen LogP contribution in [-0.4, -0.2) is 14.2 Å². The van der Waals surface area contributed by atoms with Gasteiger partial charge in [0.25, 0.3) is 0 Å². The van der Waals surface area contributed by atoms with Gasteiger partial charge in [-0.3, -0.25) is 0 Å². The van der Waals surface area contributed by atoms with E-state index in [2.05, 4.69) is 20.7 Å². The molecule has 0 aromatic heterocycles. The van der Waals surface area contributed by atoms with Gasteiger partial charge >= 0.3 is 0 Å². The summed E-state index contributed by atoms with van der Waals surface area (Å²) in [4.78, 5) is 0. The molecule has 1 aromatic carbocycles. The molecule has 0 amide bonds. The summed E-state index contributed by atoms with van der Waals surface area (Å²) >= 11 is 3.36. The van der Waals surface area contributed by atoms with Crippen LogP contribution in [0.25, 0.3) is 0 Å². The Morgan fingerprint density at radius 2 is 2.12 bits per heavy atom. The van der Waals surface area contributed by atoms with Gasteiger partial charge in [0.15, 0.2) is 0 Å². The smallest absolute Gasteiger partial charge is 0.212 e. The van der Waals surface area contributed by atoms with Crippen molar-refractivity contribution in [2.24, 2.45) is 0 Å². The van der Waals surface area contributed by atoms with Crippen molar-refractivity contribution in [3.05, 3.63) is 34.3 Å². The molecule has 90 valence electrons. The molecule has 1 atom stereocenters. The average Bonchev–Trinajstić information content (AvgIpc) is 2.16. The van der Waals surface area contributed by atoms with Gasteiger partial charge in [0.2, 0.25) is 10.0 Å². The summed E-state index contributed by atoms with van der Waals surface area (Å²) in [5.41, 5.74) is 0.953. The Kier molecular flexibility index (Phi) is 4.95. The molecule has 0 unspecified atom stereocenters. The van der Waals surface area contributed by atoms with E-state index in [-0.39, 0.29) is 11.8 Å². The van der Waals surface area contributed by atoms with Gasteiger partial charge in [-0.25, -0.2) is 13.1 Å². The summed E-state index contributed by atoms with van der Waals surface area (Å²) in [5.74, 6) is 0.172. The van der Waals surface area contributed by atoms with E-state index < -0.39 is 10.0 Å². The molecule has 0 fully saturated rings. The van der Waals surface area contributed by atoms with Gasteiger partial charge in [-0.1, -0.05) is 35.0 Å². The largest absolute Gasteiger partial charge is 0.212 e. The maximum Gasteiger partial charge on any atom is 0.212 e. The Labute approximate surface area is 105 Å². The molecular formula is C11H16BrNO2S. The van der Waals surface area contributed by atoms with E-state index in [4.69, 9.17) is 0 Å². The molecule has 3 nitrogen and oxygen atoms in total. The van der Waals surface area contributed by atoms with Crippen LogP contribution < -0.4 is 4.72 Å². The number of rotatable bonds is 5. The summed E-state index contributed by atoms with van der Waals surface area (Å²) in [5, 5.41) is 0. The third-order valence-corrected chi connectivity index (χ3v) is 4.33. The highest BCUT2D eigenvalue weighted by atomic mass is 79.9. The number of halogens is 1. The Bertz CT molecular complexity index is 445. The highest BCUT2D eigenvalue weighted by Gasteiger charge is 2.14. The Hall–Kier alpha value is -0.390. The van der Waals surface area contributed by atoms with Crippen molar-refractivity contribution >= 4 is 26.0 Å². The molecule has 1 rings (SSSR count). The predicted molar refractivity (Wildman–Crippen MR) is 69.8 cm³/mol. The number of hydrogen-bond acceptors (Lipinski definition) is 2. The molecule has 0 aliphatic heterocycles. The summed E-state index contributed by atoms with van der Waals surface area (Å²) < 4.78 is 26.8. The quantitative estimate of drug-likeness (QED) is 0.909. The van der Waals surface area contributed by atoms with Crippen LogP contribution in [0.5, 0.6) is 0 Å². The zero-order valence-corrected chi connectivity index (χ0v) is 11.8. The molecule has 16 heavy (non-hydrogen) atoms. The van der Waals surface area contributed by atoms with Crippen molar-refractivity contribution in [3.63, 3.8) is 0 Å². The minimum Gasteiger partial charge on any atom is -0.212 e. The lowest BCUT2D eigenvalue weighted by molar-refractivity contribution is 0.565. The van der Waals surface area contributed by atoms with Crippen molar-refractivity contribution in [1.82, 2.24) is 4.72 Å². The first kappa shape index (κ1) is 13.7. The first-order valence-electron chi connectivity index (χ1n) is 5.20. The molecule has 0 bridgehead atoms. The fraction of sp³-hybridized carbons (Fsp3) is 0.455. The van der Waals surface area contributed by atoms with Crippen molar-refractivity contribution in [2.45, 2.75) is 26.3 Å². The Balaban J connectivity index is 2.76. The second-order valence-corrected chi connectivity index (χ2v) is 6.50. The zero-order valence-electron chi connectivity index (χ0n) is 9.40. The summed E-state index contributed by atoms with van der Waals surface area (Å²) in [6.45, 7) is 3.69. The van der Waals surface area contributed by atoms with Crippen LogP contribution in [-0.2, 0) is 10.0 Å². The average molecular weight is 306 g/mol. The summed E-state index contributed by atoms with van der Waals surface area (Å²) in [6, 6.07) is 7.43. The molecule has 0 saturated heterocycles. The monoisotopic (exact) mass is 305 g/mol. The third kappa shape index (κ3) is 4.23. The first-order valence-corrected chi connectivity index (χ1v) is 7.64. The van der Waals surface area contributed by atoms with Crippen LogP contribution in [0.1, 0.15) is 31.9 Å². The molecule has 1 aromatic rings. The molecule has 0 aliphatic rings. The maximum atomic E-state index is 11.6. The van der Waals surface area contributed by atoms with E-state index >= 15 is 0 Å². The van der Waals surface area contributed by atoms with Gasteiger partial charge in [-0.2, -0.15) is 0 Å². The van der Waals surface area contributed by atoms with Crippen molar-refractivity contribution in [2.75, 3.05) is 5.75 Å². The molecule has 0 saturated carbocycles. The van der Waals surface area contributed by atoms with Gasteiger partial charge in [0.1, 0.15) is 0 Å². The molecule has 0 radical (unpaired) electrons. The van der Waals surface area contributed by atoms with Gasteiger partial charge in [-0.15, -0.1) is 0 Å². The molecule has 1 N–H and O–H groups in total. The van der Waals surface area contributed by atoms with E-state index in [1.165, 1.54) is 0 Å². The summed E-state index contributed by atoms with van der Waals surface area (Å²) in [7, 11) is -3.16. The first-order chi connectivity index (χ1) is 7.44. The molecule has 0 spiro atoms. The van der Waals surface area contributed by atoms with Crippen molar-refractivity contribution < 1.29 is 8.42 Å². The number of hydrogen-bond donors (Lipinski definition) is 1. The van der Waals surface area contributed by atoms with Crippen molar-refractivity contribution in [1.29, 1.82) is 0 Å². The fourth-order valence-corrected chi connectivity index (χ4v) is 3.19. The number of benzene rings is 1. The van der Waals surface area contributed by atoms with Crippen LogP contribution in [0.2, 0.25) is 0 Å². The lowest BCUT2D eigenvalue weighted by atomic mass is 10.1. The van der Waals surface area contributed by atoms with Crippen LogP contribution in [0.3, 0.4) is 0 Å². The highest BCUT2D eigenvalue weighted by Crippen LogP contribution is 2.18.